The van der Waals surface area contributed by atoms with Crippen molar-refractivity contribution in [1.29, 1.82) is 0 Å². The lowest BCUT2D eigenvalue weighted by Crippen LogP contribution is -2.41. The number of allylic oxidation sites excluding steroid dienone is 13. The van der Waals surface area contributed by atoms with E-state index in [1.54, 1.807) is 0 Å². The number of fused-ring (bicyclic) bond motifs is 12. The van der Waals surface area contributed by atoms with Crippen LogP contribution in [-0.2, 0) is 62.1 Å². The molecule has 106 heavy (non-hydrogen) atoms. The zero-order chi connectivity index (χ0) is 75.8. The number of nitrogens with zero attached hydrogens (tertiary/aromatic N) is 4. The molecule has 20 heteroatoms. The van der Waals surface area contributed by atoms with Crippen molar-refractivity contribution in [2.75, 3.05) is 59.0 Å². The maximum absolute atomic E-state index is 12.2. The highest BCUT2D eigenvalue weighted by Gasteiger charge is 2.49. The molecule has 1 atom stereocenters. The highest BCUT2D eigenvalue weighted by atomic mass is 32.2. The lowest BCUT2D eigenvalue weighted by atomic mass is 9.77. The van der Waals surface area contributed by atoms with Crippen molar-refractivity contribution >= 4 is 118 Å². The second-order valence-electron chi connectivity index (χ2n) is 30.7. The fourth-order valence-corrected chi connectivity index (χ4v) is 19.5. The van der Waals surface area contributed by atoms with Crippen LogP contribution in [0.3, 0.4) is 0 Å². The van der Waals surface area contributed by atoms with Gasteiger partial charge in [-0.05, 0) is 174 Å². The van der Waals surface area contributed by atoms with Gasteiger partial charge in [-0.25, -0.2) is 0 Å². The average Bonchev–Trinajstić information content (AvgIpc) is 1.59. The molecule has 1 unspecified atom stereocenters. The van der Waals surface area contributed by atoms with Crippen molar-refractivity contribution in [1.82, 2.24) is 0 Å². The van der Waals surface area contributed by atoms with Crippen LogP contribution in [0.25, 0.3) is 43.1 Å². The van der Waals surface area contributed by atoms with E-state index in [1.165, 1.54) is 5.56 Å². The number of hydrogen-bond donors (Lipinski definition) is 4. The van der Waals surface area contributed by atoms with Gasteiger partial charge < -0.3 is 9.80 Å². The van der Waals surface area contributed by atoms with Crippen LogP contribution in [-0.4, -0.2) is 128 Å². The molecule has 4 N–H and O–H groups in total. The lowest BCUT2D eigenvalue weighted by molar-refractivity contribution is -0.438. The Kier molecular flexibility index (Phi) is 22.3. The molecule has 4 aliphatic heterocycles. The molecule has 8 aromatic carbocycles. The van der Waals surface area contributed by atoms with Crippen LogP contribution >= 0.6 is 0 Å². The van der Waals surface area contributed by atoms with Crippen molar-refractivity contribution in [2.24, 2.45) is 0 Å². The van der Waals surface area contributed by atoms with Crippen molar-refractivity contribution in [3.8, 4) is 0 Å². The minimum atomic E-state index is -4.22. The van der Waals surface area contributed by atoms with E-state index < -0.39 is 62.1 Å². The van der Waals surface area contributed by atoms with Gasteiger partial charge in [0.05, 0.1) is 33.8 Å². The topological polar surface area (TPSA) is 230 Å². The van der Waals surface area contributed by atoms with E-state index in [2.05, 4.69) is 244 Å². The SMILES string of the molecule is CC1(C)C(=C/C=C/C=C(/C=C/C2=[N+](CCCCS(=O)(=O)O)c3ccc4ccccc4c3C2(C)C)C(\C=C\C=C\C2=[N+](CCCCS(=O)(=O)O)c3ccc4ccccc4c3C2(C)C)=C\CC2N(CCCCS(=O)(=O)O)c3ccc4ccccc4c3C2(C)C)N(CCCCS(=O)(=O)O)c2ccc3ccccc3c21. The lowest BCUT2D eigenvalue weighted by Gasteiger charge is -2.34. The van der Waals surface area contributed by atoms with Gasteiger partial charge in [0.2, 0.25) is 11.4 Å². The summed E-state index contributed by atoms with van der Waals surface area (Å²) >= 11 is 0. The van der Waals surface area contributed by atoms with Gasteiger partial charge in [-0.15, -0.1) is 0 Å². The third-order valence-electron chi connectivity index (χ3n) is 22.1. The van der Waals surface area contributed by atoms with Gasteiger partial charge in [0, 0.05) is 95.3 Å². The van der Waals surface area contributed by atoms with Crippen LogP contribution in [0.5, 0.6) is 0 Å². The van der Waals surface area contributed by atoms with E-state index in [0.717, 1.165) is 111 Å². The predicted molar refractivity (Wildman–Crippen MR) is 434 cm³/mol. The fraction of sp³-hybridized carbons (Fsp3) is 0.349. The molecule has 0 aromatic heterocycles. The molecule has 8 aromatic rings. The Morgan fingerprint density at radius 1 is 0.415 bits per heavy atom. The second kappa shape index (κ2) is 30.7. The first-order valence-electron chi connectivity index (χ1n) is 36.7. The minimum absolute atomic E-state index is 0.157. The summed E-state index contributed by atoms with van der Waals surface area (Å²) < 4.78 is 141. The number of rotatable bonds is 30. The number of anilines is 2. The molecule has 0 saturated heterocycles. The van der Waals surface area contributed by atoms with Crippen LogP contribution < -0.4 is 9.80 Å². The molecule has 12 rings (SSSR count). The minimum Gasteiger partial charge on any atom is -0.367 e. The van der Waals surface area contributed by atoms with Gasteiger partial charge in [0.15, 0.2) is 11.4 Å². The Bertz CT molecular complexity index is 5560. The van der Waals surface area contributed by atoms with Crippen LogP contribution in [0.1, 0.15) is 135 Å². The van der Waals surface area contributed by atoms with E-state index in [4.69, 9.17) is 0 Å². The van der Waals surface area contributed by atoms with Gasteiger partial charge in [0.1, 0.15) is 13.1 Å². The highest BCUT2D eigenvalue weighted by molar-refractivity contribution is 7.86. The molecular formula is C86H98N4O12S4+2. The highest BCUT2D eigenvalue weighted by Crippen LogP contribution is 2.53. The van der Waals surface area contributed by atoms with E-state index in [0.29, 0.717) is 58.3 Å². The maximum atomic E-state index is 12.2. The van der Waals surface area contributed by atoms with E-state index in [9.17, 15) is 51.9 Å². The first-order chi connectivity index (χ1) is 50.2. The summed E-state index contributed by atoms with van der Waals surface area (Å²) in [5.41, 5.74) is 11.4. The zero-order valence-corrected chi connectivity index (χ0v) is 65.0. The molecule has 16 nitrogen and oxygen atoms in total. The van der Waals surface area contributed by atoms with E-state index >= 15 is 0 Å². The maximum Gasteiger partial charge on any atom is 0.264 e. The molecule has 556 valence electrons. The van der Waals surface area contributed by atoms with Gasteiger partial charge in [-0.1, -0.05) is 179 Å². The monoisotopic (exact) mass is 1510 g/mol. The Balaban J connectivity index is 1.04. The third kappa shape index (κ3) is 16.5. The third-order valence-corrected chi connectivity index (χ3v) is 25.3. The van der Waals surface area contributed by atoms with Crippen molar-refractivity contribution in [3.05, 3.63) is 252 Å². The van der Waals surface area contributed by atoms with Crippen LogP contribution in [0, 0.1) is 0 Å². The normalized spacial score (nSPS) is 18.5. The summed E-state index contributed by atoms with van der Waals surface area (Å²) in [5, 5.41) is 8.86. The largest absolute Gasteiger partial charge is 0.367 e. The smallest absolute Gasteiger partial charge is 0.264 e. The standard InChI is InChI=1S/C86H96N4O12S4/c1-83(2)75(87(53-21-25-57-103(91,92)93)71-47-41-63-31-9-15-35-67(63)79(71)83)39-19-13-29-61(45-51-77-85(5,6)81-69-37-17-11-33-65(69)43-49-73(81)89(77)55-23-27-59-105(97,98)99)62(46-52-78-86(7,8)82-70-38-18-12-34-66(70)44-50-74(82)90(78)56-24-28-60-106(100,101)102)30-14-20-40-76-84(3,4)80-68-36-16-10-32-64(68)42-48-72(80)88(76)54-22-26-58-104(94,95)96/h9-20,29-51,78H,21-28,52-60H2,1-8H3,(H2-2,91,92,93,94,95,96,97,98,99,100,101,102)/p+2/b30-14+,40-20+,62-46+. The van der Waals surface area contributed by atoms with Crippen molar-refractivity contribution in [2.45, 2.75) is 141 Å². The zero-order valence-electron chi connectivity index (χ0n) is 61.8. The molecule has 0 amide bonds. The predicted octanol–water partition coefficient (Wildman–Crippen LogP) is 17.7. The molecule has 0 aliphatic carbocycles. The summed E-state index contributed by atoms with van der Waals surface area (Å²) in [6, 6.07) is 50.3. The molecule has 0 spiro atoms. The van der Waals surface area contributed by atoms with Crippen molar-refractivity contribution < 1.29 is 61.0 Å². The van der Waals surface area contributed by atoms with E-state index in [-0.39, 0.29) is 54.7 Å². The first-order valence-corrected chi connectivity index (χ1v) is 43.2. The van der Waals surface area contributed by atoms with Crippen molar-refractivity contribution in [3.63, 3.8) is 0 Å². The van der Waals surface area contributed by atoms with Crippen LogP contribution in [0.4, 0.5) is 22.7 Å². The molecule has 0 bridgehead atoms. The molecule has 0 fully saturated rings. The molecular weight excluding hydrogens is 1410 g/mol. The summed E-state index contributed by atoms with van der Waals surface area (Å²) in [6.07, 6.45) is 26.9. The quantitative estimate of drug-likeness (QED) is 0.0142. The van der Waals surface area contributed by atoms with Gasteiger partial charge in [-0.3, -0.25) is 18.2 Å². The summed E-state index contributed by atoms with van der Waals surface area (Å²) in [4.78, 5) is 4.69. The number of hydrogen-bond acceptors (Lipinski definition) is 10. The Labute approximate surface area is 626 Å². The fourth-order valence-electron chi connectivity index (χ4n) is 17.2. The average molecular weight is 1510 g/mol. The Morgan fingerprint density at radius 3 is 1.33 bits per heavy atom. The van der Waals surface area contributed by atoms with Gasteiger partial charge in [-0.2, -0.15) is 42.8 Å². The molecule has 4 heterocycles. The summed E-state index contributed by atoms with van der Waals surface area (Å²) in [5.74, 6) is -1.42. The summed E-state index contributed by atoms with van der Waals surface area (Å²) in [6.45, 7) is 19.9. The van der Waals surface area contributed by atoms with Crippen LogP contribution in [0.2, 0.25) is 0 Å². The van der Waals surface area contributed by atoms with E-state index in [1.807, 2.05) is 42.5 Å². The van der Waals surface area contributed by atoms with Gasteiger partial charge in [0.25, 0.3) is 40.5 Å². The van der Waals surface area contributed by atoms with Gasteiger partial charge >= 0.3 is 0 Å². The Morgan fingerprint density at radius 2 is 0.840 bits per heavy atom. The Hall–Kier alpha value is -8.44. The second-order valence-corrected chi connectivity index (χ2v) is 37.0. The number of benzene rings is 8. The molecule has 4 aliphatic rings. The molecule has 0 saturated carbocycles. The van der Waals surface area contributed by atoms with Crippen LogP contribution in [0.15, 0.2) is 229 Å². The summed E-state index contributed by atoms with van der Waals surface area (Å²) in [7, 11) is -16.8. The first kappa shape index (κ1) is 77.2. The number of unbranched alkanes of at least 4 members (excludes halogenated alkanes) is 4. The molecule has 0 radical (unpaired) electrons.